The van der Waals surface area contributed by atoms with Crippen molar-refractivity contribution in [2.45, 2.75) is 0 Å². The van der Waals surface area contributed by atoms with Crippen LogP contribution in [0.4, 0.5) is 0 Å². The summed E-state index contributed by atoms with van der Waals surface area (Å²) < 4.78 is 1.60. The maximum atomic E-state index is 3.91. The Hall–Kier alpha value is -1.78. The Balaban J connectivity index is 2.46. The van der Waals surface area contributed by atoms with Gasteiger partial charge in [0.15, 0.2) is 0 Å². The van der Waals surface area contributed by atoms with Crippen LogP contribution in [0.25, 0.3) is 5.69 Å². The first kappa shape index (κ1) is 5.96. The van der Waals surface area contributed by atoms with Crippen molar-refractivity contribution in [2.24, 2.45) is 0 Å². The van der Waals surface area contributed by atoms with Crippen LogP contribution in [0.1, 0.15) is 0 Å². The van der Waals surface area contributed by atoms with Gasteiger partial charge in [-0.2, -0.15) is 5.10 Å². The van der Waals surface area contributed by atoms with Crippen molar-refractivity contribution in [1.29, 1.82) is 0 Å². The van der Waals surface area contributed by atoms with Crippen LogP contribution < -0.4 is 0 Å². The van der Waals surface area contributed by atoms with Crippen molar-refractivity contribution in [3.8, 4) is 5.69 Å². The number of aromatic nitrogens is 5. The lowest BCUT2D eigenvalue weighted by molar-refractivity contribution is 0.862. The summed E-state index contributed by atoms with van der Waals surface area (Å²) in [5, 5.41) is 3.91. The van der Waals surface area contributed by atoms with Gasteiger partial charge in [-0.1, -0.05) is 0 Å². The first-order valence-corrected chi connectivity index (χ1v) is 3.07. The van der Waals surface area contributed by atoms with E-state index in [0.717, 1.165) is 5.69 Å². The highest BCUT2D eigenvalue weighted by Gasteiger charge is 1.93. The maximum Gasteiger partial charge on any atom is 0.138 e. The van der Waals surface area contributed by atoms with Crippen LogP contribution in [0.5, 0.6) is 0 Å². The lowest BCUT2D eigenvalue weighted by Gasteiger charge is -1.94. The van der Waals surface area contributed by atoms with E-state index in [-0.39, 0.29) is 0 Å². The molecule has 0 radical (unpaired) electrons. The summed E-state index contributed by atoms with van der Waals surface area (Å²) in [5.41, 5.74) is 0.810. The summed E-state index contributed by atoms with van der Waals surface area (Å²) in [4.78, 5) is 11.5. The highest BCUT2D eigenvalue weighted by Crippen LogP contribution is 1.97. The van der Waals surface area contributed by atoms with Gasteiger partial charge in [0, 0.05) is 0 Å². The topological polar surface area (TPSA) is 56.5 Å². The zero-order chi connectivity index (χ0) is 7.52. The molecule has 0 aliphatic carbocycles. The van der Waals surface area contributed by atoms with E-state index in [1.807, 2.05) is 0 Å². The van der Waals surface area contributed by atoms with E-state index in [1.54, 1.807) is 23.4 Å². The zero-order valence-electron chi connectivity index (χ0n) is 5.62. The Morgan fingerprint density at radius 3 is 2.45 bits per heavy atom. The van der Waals surface area contributed by atoms with Gasteiger partial charge in [0.2, 0.25) is 0 Å². The van der Waals surface area contributed by atoms with E-state index in [1.165, 1.54) is 12.7 Å². The molecule has 5 nitrogen and oxygen atoms in total. The van der Waals surface area contributed by atoms with Crippen LogP contribution in [0.2, 0.25) is 0 Å². The Kier molecular flexibility index (Phi) is 1.33. The summed E-state index contributed by atoms with van der Waals surface area (Å²) in [7, 11) is 0. The molecule has 2 heterocycles. The molecule has 0 spiro atoms. The van der Waals surface area contributed by atoms with Gasteiger partial charge in [-0.3, -0.25) is 0 Å². The molecule has 2 aromatic rings. The van der Waals surface area contributed by atoms with Gasteiger partial charge in [0.1, 0.15) is 24.7 Å². The van der Waals surface area contributed by atoms with Crippen LogP contribution in [-0.4, -0.2) is 24.7 Å². The largest absolute Gasteiger partial charge is 0.243 e. The van der Waals surface area contributed by atoms with Gasteiger partial charge in [-0.25, -0.2) is 19.6 Å². The predicted molar refractivity (Wildman–Crippen MR) is 36.9 cm³/mol. The molecular weight excluding hydrogens is 142 g/mol. The Morgan fingerprint density at radius 1 is 1.00 bits per heavy atom. The normalized spacial score (nSPS) is 9.82. The van der Waals surface area contributed by atoms with Gasteiger partial charge < -0.3 is 0 Å². The standard InChI is InChI=1S/C6H5N5/c1-6(2-8-3-7-1)11-5-9-4-10-11/h1-5H. The molecule has 0 aromatic carbocycles. The van der Waals surface area contributed by atoms with Gasteiger partial charge in [0.25, 0.3) is 0 Å². The lowest BCUT2D eigenvalue weighted by atomic mass is 10.5. The van der Waals surface area contributed by atoms with E-state index < -0.39 is 0 Å². The highest BCUT2D eigenvalue weighted by atomic mass is 15.3. The minimum absolute atomic E-state index is 0.810. The molecule has 0 aliphatic heterocycles. The predicted octanol–water partition coefficient (Wildman–Crippen LogP) is 0.0573. The molecule has 0 N–H and O–H groups in total. The minimum Gasteiger partial charge on any atom is -0.243 e. The monoisotopic (exact) mass is 147 g/mol. The molecule has 11 heavy (non-hydrogen) atoms. The second-order valence-electron chi connectivity index (χ2n) is 1.94. The molecule has 0 fully saturated rings. The molecule has 0 saturated carbocycles. The Labute approximate surface area is 62.8 Å². The summed E-state index contributed by atoms with van der Waals surface area (Å²) in [5.74, 6) is 0. The van der Waals surface area contributed by atoms with Crippen molar-refractivity contribution >= 4 is 0 Å². The molecule has 2 aromatic heterocycles. The van der Waals surface area contributed by atoms with E-state index in [9.17, 15) is 0 Å². The number of hydrogen-bond donors (Lipinski definition) is 0. The number of hydrogen-bond acceptors (Lipinski definition) is 4. The smallest absolute Gasteiger partial charge is 0.138 e. The molecule has 0 bridgehead atoms. The van der Waals surface area contributed by atoms with Crippen molar-refractivity contribution in [3.63, 3.8) is 0 Å². The van der Waals surface area contributed by atoms with E-state index in [0.29, 0.717) is 0 Å². The van der Waals surface area contributed by atoms with Gasteiger partial charge in [0.05, 0.1) is 12.4 Å². The molecule has 5 heteroatoms. The molecular formula is C6H5N5. The summed E-state index contributed by atoms with van der Waals surface area (Å²) >= 11 is 0. The van der Waals surface area contributed by atoms with Crippen molar-refractivity contribution in [2.75, 3.05) is 0 Å². The molecule has 54 valence electrons. The van der Waals surface area contributed by atoms with Crippen LogP contribution in [-0.2, 0) is 0 Å². The average Bonchev–Trinajstić information content (AvgIpc) is 2.58. The molecule has 0 saturated heterocycles. The fraction of sp³-hybridized carbons (Fsp3) is 0. The SMILES string of the molecule is c1ncc(-n2cncn2)cn1. The third kappa shape index (κ3) is 1.07. The Bertz CT molecular complexity index is 314. The van der Waals surface area contributed by atoms with Gasteiger partial charge >= 0.3 is 0 Å². The Morgan fingerprint density at radius 2 is 1.82 bits per heavy atom. The van der Waals surface area contributed by atoms with Crippen LogP contribution >= 0.6 is 0 Å². The number of nitrogens with zero attached hydrogens (tertiary/aromatic N) is 5. The third-order valence-corrected chi connectivity index (χ3v) is 1.23. The molecule has 0 amide bonds. The van der Waals surface area contributed by atoms with Gasteiger partial charge in [-0.15, -0.1) is 0 Å². The van der Waals surface area contributed by atoms with E-state index in [4.69, 9.17) is 0 Å². The molecule has 0 atom stereocenters. The van der Waals surface area contributed by atoms with Gasteiger partial charge in [-0.05, 0) is 0 Å². The first-order chi connectivity index (χ1) is 5.47. The summed E-state index contributed by atoms with van der Waals surface area (Å²) in [6.45, 7) is 0. The average molecular weight is 147 g/mol. The quantitative estimate of drug-likeness (QED) is 0.572. The fourth-order valence-corrected chi connectivity index (χ4v) is 0.751. The van der Waals surface area contributed by atoms with Crippen molar-refractivity contribution in [1.82, 2.24) is 24.7 Å². The maximum absolute atomic E-state index is 3.91. The third-order valence-electron chi connectivity index (χ3n) is 1.23. The lowest BCUT2D eigenvalue weighted by Crippen LogP contribution is -1.94. The fourth-order valence-electron chi connectivity index (χ4n) is 0.751. The summed E-state index contributed by atoms with van der Waals surface area (Å²) in [6, 6.07) is 0. The first-order valence-electron chi connectivity index (χ1n) is 3.07. The van der Waals surface area contributed by atoms with E-state index in [2.05, 4.69) is 20.1 Å². The number of rotatable bonds is 1. The second-order valence-corrected chi connectivity index (χ2v) is 1.94. The summed E-state index contributed by atoms with van der Waals surface area (Å²) in [6.07, 6.45) is 7.87. The van der Waals surface area contributed by atoms with Crippen LogP contribution in [0, 0.1) is 0 Å². The minimum atomic E-state index is 0.810. The van der Waals surface area contributed by atoms with Crippen LogP contribution in [0.3, 0.4) is 0 Å². The second kappa shape index (κ2) is 2.45. The van der Waals surface area contributed by atoms with Crippen molar-refractivity contribution < 1.29 is 0 Å². The molecule has 0 unspecified atom stereocenters. The van der Waals surface area contributed by atoms with E-state index >= 15 is 0 Å². The highest BCUT2D eigenvalue weighted by molar-refractivity contribution is 5.20. The molecule has 0 aliphatic rings. The zero-order valence-corrected chi connectivity index (χ0v) is 5.62. The van der Waals surface area contributed by atoms with Crippen LogP contribution in [0.15, 0.2) is 31.4 Å². The molecule has 2 rings (SSSR count). The van der Waals surface area contributed by atoms with Crippen molar-refractivity contribution in [3.05, 3.63) is 31.4 Å².